The summed E-state index contributed by atoms with van der Waals surface area (Å²) in [5, 5.41) is 14.4. The van der Waals surface area contributed by atoms with E-state index in [4.69, 9.17) is 16.7 Å². The Morgan fingerprint density at radius 3 is 2.41 bits per heavy atom. The van der Waals surface area contributed by atoms with Crippen LogP contribution in [-0.4, -0.2) is 38.9 Å². The van der Waals surface area contributed by atoms with Crippen molar-refractivity contribution in [2.45, 2.75) is 19.4 Å². The van der Waals surface area contributed by atoms with Crippen LogP contribution in [0.1, 0.15) is 32.1 Å². The van der Waals surface area contributed by atoms with E-state index in [1.807, 2.05) is 30.3 Å². The Hall–Kier alpha value is -4.50. The number of aryl methyl sites for hydroxylation is 1. The number of halogens is 2. The third kappa shape index (κ3) is 6.02. The number of benzene rings is 3. The van der Waals surface area contributed by atoms with Crippen molar-refractivity contribution in [3.63, 3.8) is 0 Å². The Bertz CT molecular complexity index is 1460. The lowest BCUT2D eigenvalue weighted by atomic mass is 10.0. The molecule has 0 bridgehead atoms. The van der Waals surface area contributed by atoms with Crippen LogP contribution in [0.5, 0.6) is 0 Å². The number of hydrogen-bond acceptors (Lipinski definition) is 4. The largest absolute Gasteiger partial charge is 0.478 e. The number of nitrogens with zero attached hydrogens (tertiary/aromatic N) is 1. The van der Waals surface area contributed by atoms with Crippen molar-refractivity contribution in [3.8, 4) is 11.4 Å². The smallest absolute Gasteiger partial charge is 0.335 e. The number of H-pyrrole nitrogens is 1. The van der Waals surface area contributed by atoms with Crippen LogP contribution in [0.15, 0.2) is 72.8 Å². The molecule has 0 saturated carbocycles. The zero-order valence-corrected chi connectivity index (χ0v) is 20.3. The van der Waals surface area contributed by atoms with Crippen LogP contribution in [0.4, 0.5) is 10.1 Å². The molecule has 4 rings (SSSR count). The quantitative estimate of drug-likeness (QED) is 0.264. The summed E-state index contributed by atoms with van der Waals surface area (Å²) in [6.45, 7) is 1.62. The molecule has 0 spiro atoms. The van der Waals surface area contributed by atoms with Gasteiger partial charge in [-0.2, -0.15) is 0 Å². The van der Waals surface area contributed by atoms with E-state index in [0.29, 0.717) is 11.4 Å². The van der Waals surface area contributed by atoms with Gasteiger partial charge in [0.15, 0.2) is 5.82 Å². The topological polar surface area (TPSA) is 124 Å². The average Bonchev–Trinajstić information content (AvgIpc) is 3.27. The molecule has 4 aromatic rings. The van der Waals surface area contributed by atoms with E-state index in [-0.39, 0.29) is 34.1 Å². The van der Waals surface area contributed by atoms with Crippen molar-refractivity contribution in [2.24, 2.45) is 0 Å². The summed E-state index contributed by atoms with van der Waals surface area (Å²) < 4.78 is 14.5. The number of aromatic carboxylic acids is 1. The molecule has 188 valence electrons. The number of anilines is 1. The molecule has 3 aromatic carbocycles. The van der Waals surface area contributed by atoms with Crippen molar-refractivity contribution in [1.82, 2.24) is 15.3 Å². The van der Waals surface area contributed by atoms with Gasteiger partial charge < -0.3 is 20.7 Å². The van der Waals surface area contributed by atoms with Gasteiger partial charge in [-0.05, 0) is 48.9 Å². The fourth-order valence-corrected chi connectivity index (χ4v) is 3.88. The maximum atomic E-state index is 14.5. The first-order chi connectivity index (χ1) is 17.7. The van der Waals surface area contributed by atoms with E-state index in [0.717, 1.165) is 5.56 Å². The average molecular weight is 521 g/mol. The lowest BCUT2D eigenvalue weighted by molar-refractivity contribution is -0.118. The van der Waals surface area contributed by atoms with Gasteiger partial charge in [-0.15, -0.1) is 0 Å². The van der Waals surface area contributed by atoms with Crippen LogP contribution in [0.2, 0.25) is 5.02 Å². The number of carboxylic acids is 1. The molecule has 1 atom stereocenters. The maximum absolute atomic E-state index is 14.5. The summed E-state index contributed by atoms with van der Waals surface area (Å²) in [4.78, 5) is 44.6. The van der Waals surface area contributed by atoms with Crippen LogP contribution in [0, 0.1) is 12.7 Å². The number of hydrogen-bond donors (Lipinski definition) is 4. The number of rotatable bonds is 8. The van der Waals surface area contributed by atoms with Gasteiger partial charge in [0.25, 0.3) is 5.91 Å². The highest BCUT2D eigenvalue weighted by molar-refractivity contribution is 6.31. The second-order valence-electron chi connectivity index (χ2n) is 8.25. The van der Waals surface area contributed by atoms with Gasteiger partial charge in [-0.25, -0.2) is 14.2 Å². The van der Waals surface area contributed by atoms with Crippen molar-refractivity contribution in [1.29, 1.82) is 0 Å². The lowest BCUT2D eigenvalue weighted by Crippen LogP contribution is -2.45. The van der Waals surface area contributed by atoms with Crippen molar-refractivity contribution >= 4 is 35.1 Å². The molecule has 10 heteroatoms. The predicted octanol–water partition coefficient (Wildman–Crippen LogP) is 4.86. The molecule has 0 aliphatic heterocycles. The van der Waals surface area contributed by atoms with E-state index in [1.54, 1.807) is 13.0 Å². The number of aromatic nitrogens is 2. The first-order valence-electron chi connectivity index (χ1n) is 11.2. The highest BCUT2D eigenvalue weighted by atomic mass is 35.5. The van der Waals surface area contributed by atoms with Gasteiger partial charge in [0.2, 0.25) is 5.91 Å². The van der Waals surface area contributed by atoms with Crippen LogP contribution >= 0.6 is 11.6 Å². The molecule has 0 radical (unpaired) electrons. The van der Waals surface area contributed by atoms with E-state index in [2.05, 4.69) is 20.6 Å². The third-order valence-corrected chi connectivity index (χ3v) is 5.90. The Balaban J connectivity index is 1.57. The van der Waals surface area contributed by atoms with Crippen LogP contribution in [0.3, 0.4) is 0 Å². The molecule has 1 aromatic heterocycles. The van der Waals surface area contributed by atoms with E-state index >= 15 is 0 Å². The molecule has 0 aliphatic carbocycles. The zero-order valence-electron chi connectivity index (χ0n) is 19.6. The normalized spacial score (nSPS) is 11.5. The molecule has 1 heterocycles. The van der Waals surface area contributed by atoms with Crippen LogP contribution in [-0.2, 0) is 11.2 Å². The summed E-state index contributed by atoms with van der Waals surface area (Å²) in [5.74, 6) is -2.75. The number of nitrogens with one attached hydrogen (secondary N) is 3. The van der Waals surface area contributed by atoms with E-state index < -0.39 is 29.6 Å². The summed E-state index contributed by atoms with van der Waals surface area (Å²) in [5.41, 5.74) is 1.76. The maximum Gasteiger partial charge on any atom is 0.335 e. The summed E-state index contributed by atoms with van der Waals surface area (Å²) in [6.07, 6.45) is 0.185. The minimum Gasteiger partial charge on any atom is -0.478 e. The molecule has 0 aliphatic rings. The number of carbonyl (C=O) groups excluding carboxylic acids is 2. The monoisotopic (exact) mass is 520 g/mol. The molecule has 37 heavy (non-hydrogen) atoms. The standard InChI is InChI=1S/C27H22ClFN4O4/c1-15-23(33-24(30-15)19-8-5-9-20(28)22(19)29)26(35)32-21(14-16-6-3-2-4-7-16)25(34)31-18-12-10-17(11-13-18)27(36)37/h2-13,21H,14H2,1H3,(H,30,33)(H,31,34)(H,32,35)(H,36,37)/t21-/m0/s1. The molecule has 4 N–H and O–H groups in total. The van der Waals surface area contributed by atoms with Crippen molar-refractivity contribution < 1.29 is 23.9 Å². The second kappa shape index (κ2) is 11.0. The molecule has 8 nitrogen and oxygen atoms in total. The Kier molecular flexibility index (Phi) is 7.64. The highest BCUT2D eigenvalue weighted by Gasteiger charge is 2.25. The minimum absolute atomic E-state index is 0.00560. The summed E-state index contributed by atoms with van der Waals surface area (Å²) in [6, 6.07) is 18.3. The van der Waals surface area contributed by atoms with Crippen LogP contribution < -0.4 is 10.6 Å². The predicted molar refractivity (Wildman–Crippen MR) is 137 cm³/mol. The molecular weight excluding hydrogens is 499 g/mol. The van der Waals surface area contributed by atoms with Gasteiger partial charge in [0, 0.05) is 17.8 Å². The first kappa shape index (κ1) is 25.6. The van der Waals surface area contributed by atoms with Crippen molar-refractivity contribution in [2.75, 3.05) is 5.32 Å². The summed E-state index contributed by atoms with van der Waals surface area (Å²) in [7, 11) is 0. The third-order valence-electron chi connectivity index (χ3n) is 5.61. The molecule has 0 fully saturated rings. The fraction of sp³-hybridized carbons (Fsp3) is 0.111. The van der Waals surface area contributed by atoms with Gasteiger partial charge in [-0.3, -0.25) is 9.59 Å². The zero-order chi connectivity index (χ0) is 26.5. The fourth-order valence-electron chi connectivity index (χ4n) is 3.71. The minimum atomic E-state index is -1.08. The van der Waals surface area contributed by atoms with Crippen molar-refractivity contribution in [3.05, 3.63) is 106 Å². The highest BCUT2D eigenvalue weighted by Crippen LogP contribution is 2.26. The van der Waals surface area contributed by atoms with E-state index in [9.17, 15) is 18.8 Å². The number of amides is 2. The number of aromatic amines is 1. The number of imidazole rings is 1. The first-order valence-corrected chi connectivity index (χ1v) is 11.6. The second-order valence-corrected chi connectivity index (χ2v) is 8.66. The van der Waals surface area contributed by atoms with E-state index in [1.165, 1.54) is 36.4 Å². The molecular formula is C27H22ClFN4O4. The summed E-state index contributed by atoms with van der Waals surface area (Å²) >= 11 is 5.87. The Morgan fingerprint density at radius 2 is 1.73 bits per heavy atom. The van der Waals surface area contributed by atoms with Gasteiger partial charge >= 0.3 is 5.97 Å². The Labute approximate surface area is 216 Å². The number of carbonyl (C=O) groups is 3. The molecule has 0 saturated heterocycles. The van der Waals surface area contributed by atoms with Gasteiger partial charge in [-0.1, -0.05) is 48.0 Å². The Morgan fingerprint density at radius 1 is 1.03 bits per heavy atom. The number of carboxylic acid groups (broad SMARTS) is 1. The molecule has 0 unspecified atom stereocenters. The SMILES string of the molecule is Cc1[nH]c(-c2cccc(Cl)c2F)nc1C(=O)N[C@@H](Cc1ccccc1)C(=O)Nc1ccc(C(=O)O)cc1. The lowest BCUT2D eigenvalue weighted by Gasteiger charge is -2.18. The molecule has 2 amide bonds. The van der Waals surface area contributed by atoms with Gasteiger partial charge in [0.1, 0.15) is 17.6 Å². The van der Waals surface area contributed by atoms with Gasteiger partial charge in [0.05, 0.1) is 16.1 Å². The van der Waals surface area contributed by atoms with Crippen LogP contribution in [0.25, 0.3) is 11.4 Å².